The molecule has 7 nitrogen and oxygen atoms in total. The molecule has 1 amide bonds. The van der Waals surface area contributed by atoms with E-state index >= 15 is 0 Å². The van der Waals surface area contributed by atoms with Crippen LogP contribution in [0.3, 0.4) is 0 Å². The van der Waals surface area contributed by atoms with E-state index in [4.69, 9.17) is 4.74 Å². The Kier molecular flexibility index (Phi) is 5.59. The van der Waals surface area contributed by atoms with Crippen LogP contribution >= 0.6 is 11.3 Å². The summed E-state index contributed by atoms with van der Waals surface area (Å²) >= 11 is 1.31. The lowest BCUT2D eigenvalue weighted by Crippen LogP contribution is -2.36. The van der Waals surface area contributed by atoms with Crippen molar-refractivity contribution in [3.05, 3.63) is 40.9 Å². The van der Waals surface area contributed by atoms with Crippen molar-refractivity contribution in [2.45, 2.75) is 32.9 Å². The van der Waals surface area contributed by atoms with Crippen molar-refractivity contribution in [2.75, 3.05) is 17.6 Å². The summed E-state index contributed by atoms with van der Waals surface area (Å²) in [7, 11) is -3.22. The lowest BCUT2D eigenvalue weighted by molar-refractivity contribution is -0.122. The highest BCUT2D eigenvalue weighted by Crippen LogP contribution is 2.29. The molecule has 1 unspecified atom stereocenters. The Morgan fingerprint density at radius 2 is 2.12 bits per heavy atom. The number of rotatable bonds is 6. The van der Waals surface area contributed by atoms with Crippen LogP contribution in [-0.4, -0.2) is 42.0 Å². The van der Waals surface area contributed by atoms with Crippen molar-refractivity contribution in [3.63, 3.8) is 0 Å². The number of ether oxygens (including phenoxy) is 1. The average Bonchev–Trinajstić information content (AvgIpc) is 3.03. The fourth-order valence-corrected chi connectivity index (χ4v) is 4.78. The predicted octanol–water partition coefficient (Wildman–Crippen LogP) is 2.26. The predicted molar refractivity (Wildman–Crippen MR) is 101 cm³/mol. The Hall–Kier alpha value is -1.97. The number of anilines is 1. The summed E-state index contributed by atoms with van der Waals surface area (Å²) < 4.78 is 31.1. The van der Waals surface area contributed by atoms with E-state index in [9.17, 15) is 13.2 Å². The monoisotopic (exact) mass is 395 g/mol. The highest BCUT2D eigenvalue weighted by atomic mass is 32.2. The van der Waals surface area contributed by atoms with Gasteiger partial charge in [0.15, 0.2) is 11.2 Å². The van der Waals surface area contributed by atoms with Crippen molar-refractivity contribution in [1.29, 1.82) is 0 Å². The number of fused-ring (bicyclic) bond motifs is 1. The molecule has 0 aliphatic carbocycles. The molecule has 1 aromatic carbocycles. The molecule has 2 aromatic rings. The van der Waals surface area contributed by atoms with Gasteiger partial charge < -0.3 is 4.74 Å². The van der Waals surface area contributed by atoms with Crippen LogP contribution < -0.4 is 10.1 Å². The maximum absolute atomic E-state index is 12.3. The molecular formula is C17H21N3O4S2. The second-order valence-corrected chi connectivity index (χ2v) is 9.28. The summed E-state index contributed by atoms with van der Waals surface area (Å²) in [6.45, 7) is 4.05. The van der Waals surface area contributed by atoms with Crippen molar-refractivity contribution >= 4 is 32.4 Å². The summed E-state index contributed by atoms with van der Waals surface area (Å²) in [6, 6.07) is 9.12. The van der Waals surface area contributed by atoms with E-state index in [1.165, 1.54) is 15.6 Å². The minimum absolute atomic E-state index is 0.0824. The molecule has 0 fully saturated rings. The third-order valence-electron chi connectivity index (χ3n) is 4.11. The first-order valence-corrected chi connectivity index (χ1v) is 10.8. The molecule has 0 spiro atoms. The molecule has 140 valence electrons. The number of hydrogen-bond donors (Lipinski definition) is 1. The van der Waals surface area contributed by atoms with Gasteiger partial charge in [0.25, 0.3) is 5.91 Å². The number of hydrogen-bond acceptors (Lipinski definition) is 6. The molecule has 26 heavy (non-hydrogen) atoms. The molecule has 3 rings (SSSR count). The number of carbonyl (C=O) groups is 1. The quantitative estimate of drug-likeness (QED) is 0.810. The van der Waals surface area contributed by atoms with E-state index in [1.54, 1.807) is 26.0 Å². The number of thiazole rings is 1. The third kappa shape index (κ3) is 4.22. The molecule has 0 bridgehead atoms. The van der Waals surface area contributed by atoms with Gasteiger partial charge >= 0.3 is 0 Å². The van der Waals surface area contributed by atoms with Gasteiger partial charge in [-0.15, -0.1) is 11.3 Å². The molecule has 1 atom stereocenters. The van der Waals surface area contributed by atoms with Crippen LogP contribution in [0.2, 0.25) is 0 Å². The summed E-state index contributed by atoms with van der Waals surface area (Å²) in [4.78, 5) is 17.6. The van der Waals surface area contributed by atoms with Crippen LogP contribution in [-0.2, 0) is 27.8 Å². The molecule has 1 aromatic heterocycles. The molecule has 1 aliphatic heterocycles. The lowest BCUT2D eigenvalue weighted by atomic mass is 10.2. The van der Waals surface area contributed by atoms with Crippen LogP contribution in [0.4, 0.5) is 5.13 Å². The molecule has 0 saturated heterocycles. The number of amides is 1. The van der Waals surface area contributed by atoms with E-state index in [-0.39, 0.29) is 11.7 Å². The Labute approximate surface area is 157 Å². The Balaban J connectivity index is 1.64. The molecule has 0 radical (unpaired) electrons. The zero-order chi connectivity index (χ0) is 18.7. The molecular weight excluding hydrogens is 374 g/mol. The summed E-state index contributed by atoms with van der Waals surface area (Å²) in [5.41, 5.74) is 0.851. The number of sulfonamides is 1. The van der Waals surface area contributed by atoms with Gasteiger partial charge in [-0.25, -0.2) is 13.4 Å². The summed E-state index contributed by atoms with van der Waals surface area (Å²) in [5.74, 6) is 0.408. The maximum atomic E-state index is 12.3. The van der Waals surface area contributed by atoms with Gasteiger partial charge in [0.1, 0.15) is 5.75 Å². The first kappa shape index (κ1) is 18.8. The van der Waals surface area contributed by atoms with Crippen molar-refractivity contribution < 1.29 is 17.9 Å². The normalized spacial score (nSPS) is 15.9. The largest absolute Gasteiger partial charge is 0.481 e. The minimum Gasteiger partial charge on any atom is -0.481 e. The zero-order valence-electron chi connectivity index (χ0n) is 14.6. The fraction of sp³-hybridized carbons (Fsp3) is 0.412. The van der Waals surface area contributed by atoms with Gasteiger partial charge in [-0.05, 0) is 26.0 Å². The maximum Gasteiger partial charge on any atom is 0.266 e. The molecule has 9 heteroatoms. The molecule has 2 heterocycles. The van der Waals surface area contributed by atoms with Gasteiger partial charge in [0.05, 0.1) is 11.4 Å². The standard InChI is InChI=1S/C17H21N3O4S2/c1-3-26(22,23)20-10-9-14-15(11-20)25-17(18-14)19-16(21)12(2)24-13-7-5-4-6-8-13/h4-8,12H,3,9-11H2,1-2H3,(H,18,19,21). The number of nitrogens with one attached hydrogen (secondary N) is 1. The first-order valence-electron chi connectivity index (χ1n) is 8.38. The smallest absolute Gasteiger partial charge is 0.266 e. The minimum atomic E-state index is -3.22. The van der Waals surface area contributed by atoms with E-state index in [2.05, 4.69) is 10.3 Å². The number of nitrogens with zero attached hydrogens (tertiary/aromatic N) is 2. The lowest BCUT2D eigenvalue weighted by Gasteiger charge is -2.24. The number of carbonyl (C=O) groups excluding carboxylic acids is 1. The van der Waals surface area contributed by atoms with Crippen LogP contribution in [0.25, 0.3) is 0 Å². The Morgan fingerprint density at radius 3 is 2.81 bits per heavy atom. The highest BCUT2D eigenvalue weighted by molar-refractivity contribution is 7.89. The fourth-order valence-electron chi connectivity index (χ4n) is 2.61. The van der Waals surface area contributed by atoms with Crippen molar-refractivity contribution in [2.24, 2.45) is 0 Å². The van der Waals surface area contributed by atoms with Crippen LogP contribution in [0.1, 0.15) is 24.4 Å². The number of para-hydroxylation sites is 1. The van der Waals surface area contributed by atoms with E-state index in [0.717, 1.165) is 10.6 Å². The van der Waals surface area contributed by atoms with Gasteiger partial charge in [-0.1, -0.05) is 18.2 Å². The van der Waals surface area contributed by atoms with E-state index < -0.39 is 16.1 Å². The second-order valence-electron chi connectivity index (χ2n) is 5.94. The molecule has 0 saturated carbocycles. The second kappa shape index (κ2) is 7.73. The van der Waals surface area contributed by atoms with Crippen LogP contribution in [0, 0.1) is 0 Å². The van der Waals surface area contributed by atoms with Gasteiger partial charge in [-0.2, -0.15) is 4.31 Å². The molecule has 1 N–H and O–H groups in total. The Bertz CT molecular complexity index is 881. The summed E-state index contributed by atoms with van der Waals surface area (Å²) in [5, 5.41) is 3.23. The SMILES string of the molecule is CCS(=O)(=O)N1CCc2nc(NC(=O)C(C)Oc3ccccc3)sc2C1. The highest BCUT2D eigenvalue weighted by Gasteiger charge is 2.28. The number of benzene rings is 1. The van der Waals surface area contributed by atoms with E-state index in [1.807, 2.05) is 18.2 Å². The molecule has 1 aliphatic rings. The van der Waals surface area contributed by atoms with Crippen molar-refractivity contribution in [3.8, 4) is 5.75 Å². The van der Waals surface area contributed by atoms with Crippen LogP contribution in [0.5, 0.6) is 5.75 Å². The van der Waals surface area contributed by atoms with Gasteiger partial charge in [0.2, 0.25) is 10.0 Å². The van der Waals surface area contributed by atoms with Gasteiger partial charge in [-0.3, -0.25) is 10.1 Å². The topological polar surface area (TPSA) is 88.6 Å². The third-order valence-corrected chi connectivity index (χ3v) is 6.94. The number of aromatic nitrogens is 1. The van der Waals surface area contributed by atoms with E-state index in [0.29, 0.717) is 30.4 Å². The average molecular weight is 396 g/mol. The van der Waals surface area contributed by atoms with Crippen molar-refractivity contribution in [1.82, 2.24) is 9.29 Å². The Morgan fingerprint density at radius 1 is 1.38 bits per heavy atom. The first-order chi connectivity index (χ1) is 12.4. The zero-order valence-corrected chi connectivity index (χ0v) is 16.3. The van der Waals surface area contributed by atoms with Crippen LogP contribution in [0.15, 0.2) is 30.3 Å². The van der Waals surface area contributed by atoms with Gasteiger partial charge in [0, 0.05) is 24.4 Å². The summed E-state index contributed by atoms with van der Waals surface area (Å²) in [6.07, 6.45) is -0.118.